The molecule has 21 heavy (non-hydrogen) atoms. The number of hydrazine groups is 1. The van der Waals surface area contributed by atoms with E-state index < -0.39 is 12.5 Å². The molecule has 0 aliphatic rings. The normalized spacial score (nSPS) is 10.5. The molecule has 7 nitrogen and oxygen atoms in total. The average Bonchev–Trinajstić information content (AvgIpc) is 2.46. The van der Waals surface area contributed by atoms with Crippen molar-refractivity contribution in [1.82, 2.24) is 20.4 Å². The number of nitrogens with two attached hydrogens (primary N) is 1. The highest BCUT2D eigenvalue weighted by Crippen LogP contribution is 2.23. The number of carbonyl (C=O) groups excluding carboxylic acids is 1. The van der Waals surface area contributed by atoms with Crippen LogP contribution in [0.1, 0.15) is 16.2 Å². The summed E-state index contributed by atoms with van der Waals surface area (Å²) in [6, 6.07) is 2.79. The lowest BCUT2D eigenvalue weighted by atomic mass is 10.1. The Hall–Kier alpha value is -2.68. The number of hydrogen-bond donors (Lipinski definition) is 2. The van der Waals surface area contributed by atoms with E-state index in [2.05, 4.69) is 19.7 Å². The second-order valence-electron chi connectivity index (χ2n) is 3.92. The average molecular weight is 295 g/mol. The van der Waals surface area contributed by atoms with Crippen LogP contribution in [0.5, 0.6) is 5.88 Å². The van der Waals surface area contributed by atoms with E-state index >= 15 is 0 Å². The van der Waals surface area contributed by atoms with Gasteiger partial charge in [-0.2, -0.15) is 8.78 Å². The molecule has 0 atom stereocenters. The summed E-state index contributed by atoms with van der Waals surface area (Å²) in [6.45, 7) is -1.34. The van der Waals surface area contributed by atoms with Crippen LogP contribution in [0.2, 0.25) is 0 Å². The molecule has 0 saturated carbocycles. The first-order valence-electron chi connectivity index (χ1n) is 5.77. The molecule has 0 fully saturated rings. The number of nitrogens with zero attached hydrogens (tertiary/aromatic N) is 3. The third kappa shape index (κ3) is 3.45. The third-order valence-corrected chi connectivity index (χ3v) is 2.54. The number of rotatable bonds is 4. The molecule has 2 aromatic heterocycles. The number of hydrogen-bond acceptors (Lipinski definition) is 6. The Bertz CT molecular complexity index is 666. The Morgan fingerprint density at radius 3 is 2.71 bits per heavy atom. The van der Waals surface area contributed by atoms with Gasteiger partial charge >= 0.3 is 6.61 Å². The summed E-state index contributed by atoms with van der Waals surface area (Å²) in [5, 5.41) is 0. The van der Waals surface area contributed by atoms with Crippen molar-refractivity contribution in [2.75, 3.05) is 0 Å². The van der Waals surface area contributed by atoms with Crippen LogP contribution in [0.4, 0.5) is 8.78 Å². The van der Waals surface area contributed by atoms with Gasteiger partial charge in [-0.15, -0.1) is 0 Å². The number of nitrogen functional groups attached to an aromatic ring is 1. The molecule has 9 heteroatoms. The second-order valence-corrected chi connectivity index (χ2v) is 3.92. The molecule has 0 saturated heterocycles. The molecule has 0 aliphatic carbocycles. The minimum absolute atomic E-state index is 0.0299. The van der Waals surface area contributed by atoms with Crippen LogP contribution in [0.25, 0.3) is 11.3 Å². The monoisotopic (exact) mass is 295 g/mol. The van der Waals surface area contributed by atoms with Gasteiger partial charge in [-0.1, -0.05) is 0 Å². The molecule has 2 aromatic rings. The van der Waals surface area contributed by atoms with E-state index in [0.29, 0.717) is 17.0 Å². The molecular weight excluding hydrogens is 284 g/mol. The van der Waals surface area contributed by atoms with Gasteiger partial charge in [-0.25, -0.2) is 15.8 Å². The first kappa shape index (κ1) is 14.7. The molecule has 0 aromatic carbocycles. The zero-order valence-corrected chi connectivity index (χ0v) is 10.9. The van der Waals surface area contributed by atoms with Gasteiger partial charge in [0, 0.05) is 11.6 Å². The van der Waals surface area contributed by atoms with Crippen LogP contribution in [-0.2, 0) is 0 Å². The van der Waals surface area contributed by atoms with Crippen molar-refractivity contribution in [3.05, 3.63) is 35.9 Å². The molecule has 0 radical (unpaired) electrons. The number of halogens is 2. The smallest absolute Gasteiger partial charge is 0.388 e. The van der Waals surface area contributed by atoms with Gasteiger partial charge in [0.2, 0.25) is 5.88 Å². The molecule has 1 amide bonds. The summed E-state index contributed by atoms with van der Waals surface area (Å²) >= 11 is 0. The Morgan fingerprint density at radius 1 is 1.33 bits per heavy atom. The minimum atomic E-state index is -2.95. The number of carbonyl (C=O) groups is 1. The van der Waals surface area contributed by atoms with Gasteiger partial charge < -0.3 is 4.74 Å². The quantitative estimate of drug-likeness (QED) is 0.496. The largest absolute Gasteiger partial charge is 0.417 e. The third-order valence-electron chi connectivity index (χ3n) is 2.54. The maximum Gasteiger partial charge on any atom is 0.388 e. The fourth-order valence-corrected chi connectivity index (χ4v) is 1.64. The van der Waals surface area contributed by atoms with Gasteiger partial charge in [0.05, 0.1) is 23.8 Å². The number of amides is 1. The highest BCUT2D eigenvalue weighted by molar-refractivity contribution is 5.91. The van der Waals surface area contributed by atoms with E-state index in [9.17, 15) is 13.6 Å². The molecule has 0 unspecified atom stereocenters. The first-order chi connectivity index (χ1) is 10.0. The molecule has 110 valence electrons. The molecule has 0 bridgehead atoms. The van der Waals surface area contributed by atoms with Crippen LogP contribution >= 0.6 is 0 Å². The Labute approximate surface area is 118 Å². The van der Waals surface area contributed by atoms with E-state index in [1.54, 1.807) is 6.92 Å². The lowest BCUT2D eigenvalue weighted by molar-refractivity contribution is -0.0529. The SMILES string of the molecule is Cc1nc(OC(F)F)ccc1-c1cncc(C(=O)NN)n1. The highest BCUT2D eigenvalue weighted by atomic mass is 19.3. The van der Waals surface area contributed by atoms with E-state index in [-0.39, 0.29) is 11.6 Å². The number of nitrogens with one attached hydrogen (secondary N) is 1. The zero-order chi connectivity index (χ0) is 15.4. The fourth-order valence-electron chi connectivity index (χ4n) is 1.64. The number of aryl methyl sites for hydroxylation is 1. The van der Waals surface area contributed by atoms with Gasteiger partial charge in [-0.05, 0) is 13.0 Å². The van der Waals surface area contributed by atoms with Crippen molar-refractivity contribution in [3.63, 3.8) is 0 Å². The van der Waals surface area contributed by atoms with Crippen molar-refractivity contribution < 1.29 is 18.3 Å². The highest BCUT2D eigenvalue weighted by Gasteiger charge is 2.12. The summed E-state index contributed by atoms with van der Waals surface area (Å²) in [5.74, 6) is 4.23. The van der Waals surface area contributed by atoms with Crippen molar-refractivity contribution in [1.29, 1.82) is 0 Å². The van der Waals surface area contributed by atoms with Crippen molar-refractivity contribution in [3.8, 4) is 17.1 Å². The summed E-state index contributed by atoms with van der Waals surface area (Å²) in [6.07, 6.45) is 2.67. The molecular formula is C12H11F2N5O2. The fraction of sp³-hybridized carbons (Fsp3) is 0.167. The number of ether oxygens (including phenoxy) is 1. The number of aromatic nitrogens is 3. The van der Waals surface area contributed by atoms with Crippen LogP contribution in [0.3, 0.4) is 0 Å². The lowest BCUT2D eigenvalue weighted by Crippen LogP contribution is -2.30. The van der Waals surface area contributed by atoms with Crippen LogP contribution < -0.4 is 16.0 Å². The maximum atomic E-state index is 12.1. The first-order valence-corrected chi connectivity index (χ1v) is 5.77. The molecule has 3 N–H and O–H groups in total. The molecule has 2 rings (SSSR count). The molecule has 0 spiro atoms. The summed E-state index contributed by atoms with van der Waals surface area (Å²) in [5.41, 5.74) is 3.29. The summed E-state index contributed by atoms with van der Waals surface area (Å²) < 4.78 is 28.4. The predicted octanol–water partition coefficient (Wildman–Crippen LogP) is 1.05. The standard InChI is InChI=1S/C12H11F2N5O2/c1-6-7(2-3-10(17-6)21-12(13)14)8-4-16-5-9(18-8)11(20)19-15/h2-5,12H,15H2,1H3,(H,19,20). The minimum Gasteiger partial charge on any atom is -0.417 e. The molecule has 2 heterocycles. The van der Waals surface area contributed by atoms with Crippen molar-refractivity contribution >= 4 is 5.91 Å². The van der Waals surface area contributed by atoms with Gasteiger partial charge in [0.25, 0.3) is 5.91 Å². The van der Waals surface area contributed by atoms with Crippen LogP contribution in [0.15, 0.2) is 24.5 Å². The van der Waals surface area contributed by atoms with Crippen LogP contribution in [-0.4, -0.2) is 27.5 Å². The van der Waals surface area contributed by atoms with Crippen molar-refractivity contribution in [2.24, 2.45) is 5.84 Å². The Morgan fingerprint density at radius 2 is 2.10 bits per heavy atom. The number of pyridine rings is 1. The Balaban J connectivity index is 2.36. The Kier molecular flexibility index (Phi) is 4.33. The van der Waals surface area contributed by atoms with Gasteiger partial charge in [0.1, 0.15) is 5.69 Å². The predicted molar refractivity (Wildman–Crippen MR) is 68.3 cm³/mol. The van der Waals surface area contributed by atoms with Crippen LogP contribution in [0, 0.1) is 6.92 Å². The van der Waals surface area contributed by atoms with E-state index in [4.69, 9.17) is 5.84 Å². The van der Waals surface area contributed by atoms with Crippen molar-refractivity contribution in [2.45, 2.75) is 13.5 Å². The maximum absolute atomic E-state index is 12.1. The molecule has 0 aliphatic heterocycles. The second kappa shape index (κ2) is 6.18. The topological polar surface area (TPSA) is 103 Å². The summed E-state index contributed by atoms with van der Waals surface area (Å²) in [4.78, 5) is 23.3. The number of alkyl halides is 2. The lowest BCUT2D eigenvalue weighted by Gasteiger charge is -2.08. The zero-order valence-electron chi connectivity index (χ0n) is 10.9. The van der Waals surface area contributed by atoms with Gasteiger partial charge in [-0.3, -0.25) is 15.2 Å². The van der Waals surface area contributed by atoms with E-state index in [1.807, 2.05) is 5.43 Å². The van der Waals surface area contributed by atoms with Gasteiger partial charge in [0.15, 0.2) is 0 Å². The summed E-state index contributed by atoms with van der Waals surface area (Å²) in [7, 11) is 0. The van der Waals surface area contributed by atoms with E-state index in [1.165, 1.54) is 24.5 Å². The van der Waals surface area contributed by atoms with E-state index in [0.717, 1.165) is 0 Å².